The molecule has 0 fully saturated rings. The molecular formula is C17H20FNO. The third-order valence-electron chi connectivity index (χ3n) is 3.26. The molecule has 0 aliphatic rings. The molecule has 20 heavy (non-hydrogen) atoms. The molecule has 2 rings (SSSR count). The van der Waals surface area contributed by atoms with Crippen molar-refractivity contribution < 1.29 is 9.13 Å². The van der Waals surface area contributed by atoms with Gasteiger partial charge in [-0.1, -0.05) is 31.2 Å². The molecule has 0 amide bonds. The van der Waals surface area contributed by atoms with Crippen molar-refractivity contribution in [1.82, 2.24) is 0 Å². The third-order valence-corrected chi connectivity index (χ3v) is 3.26. The summed E-state index contributed by atoms with van der Waals surface area (Å²) in [5.74, 6) is 0.565. The molecule has 106 valence electrons. The highest BCUT2D eigenvalue weighted by Gasteiger charge is 2.13. The maximum Gasteiger partial charge on any atom is 0.166 e. The van der Waals surface area contributed by atoms with Gasteiger partial charge in [-0.25, -0.2) is 4.39 Å². The molecule has 1 unspecified atom stereocenters. The summed E-state index contributed by atoms with van der Waals surface area (Å²) in [6.07, 6.45) is 1.45. The molecule has 0 bridgehead atoms. The first-order chi connectivity index (χ1) is 9.60. The highest BCUT2D eigenvalue weighted by molar-refractivity contribution is 5.40. The van der Waals surface area contributed by atoms with Crippen molar-refractivity contribution in [2.75, 3.05) is 0 Å². The number of benzene rings is 2. The number of halogens is 1. The second kappa shape index (κ2) is 6.53. The monoisotopic (exact) mass is 273 g/mol. The van der Waals surface area contributed by atoms with Crippen LogP contribution < -0.4 is 10.5 Å². The summed E-state index contributed by atoms with van der Waals surface area (Å²) in [4.78, 5) is 0. The lowest BCUT2D eigenvalue weighted by Crippen LogP contribution is -2.21. The number of hydrogen-bond donors (Lipinski definition) is 1. The number of aryl methyl sites for hydroxylation is 1. The molecule has 0 saturated carbocycles. The lowest BCUT2D eigenvalue weighted by molar-refractivity contribution is 0.433. The van der Waals surface area contributed by atoms with Crippen molar-refractivity contribution in [1.29, 1.82) is 0 Å². The van der Waals surface area contributed by atoms with E-state index in [4.69, 9.17) is 10.5 Å². The van der Waals surface area contributed by atoms with E-state index in [0.717, 1.165) is 17.5 Å². The van der Waals surface area contributed by atoms with Gasteiger partial charge in [-0.15, -0.1) is 0 Å². The largest absolute Gasteiger partial charge is 0.454 e. The Balaban J connectivity index is 2.30. The van der Waals surface area contributed by atoms with Gasteiger partial charge in [-0.2, -0.15) is 0 Å². The zero-order valence-electron chi connectivity index (χ0n) is 11.9. The molecular weight excluding hydrogens is 253 g/mol. The standard InChI is InChI=1S/C17H20FNO/c1-3-14(19)11-13-7-5-9-16(18)17(13)20-15-8-4-6-12(2)10-15/h4-10,14H,3,11,19H2,1-2H3. The molecule has 0 radical (unpaired) electrons. The topological polar surface area (TPSA) is 35.2 Å². The normalized spacial score (nSPS) is 12.2. The minimum atomic E-state index is -0.354. The first-order valence-corrected chi connectivity index (χ1v) is 6.87. The summed E-state index contributed by atoms with van der Waals surface area (Å²) < 4.78 is 19.8. The van der Waals surface area contributed by atoms with Crippen molar-refractivity contribution in [3.63, 3.8) is 0 Å². The van der Waals surface area contributed by atoms with Gasteiger partial charge < -0.3 is 10.5 Å². The van der Waals surface area contributed by atoms with Crippen molar-refractivity contribution in [2.45, 2.75) is 32.7 Å². The molecule has 2 N–H and O–H groups in total. The van der Waals surface area contributed by atoms with Crippen LogP contribution >= 0.6 is 0 Å². The maximum absolute atomic E-state index is 14.0. The minimum absolute atomic E-state index is 0.0108. The van der Waals surface area contributed by atoms with E-state index in [1.807, 2.05) is 44.2 Å². The van der Waals surface area contributed by atoms with E-state index in [1.54, 1.807) is 6.07 Å². The van der Waals surface area contributed by atoms with Crippen molar-refractivity contribution >= 4 is 0 Å². The van der Waals surface area contributed by atoms with E-state index >= 15 is 0 Å². The predicted molar refractivity (Wildman–Crippen MR) is 79.6 cm³/mol. The van der Waals surface area contributed by atoms with E-state index in [0.29, 0.717) is 12.2 Å². The second-order valence-corrected chi connectivity index (χ2v) is 5.02. The van der Waals surface area contributed by atoms with Gasteiger partial charge in [-0.3, -0.25) is 0 Å². The predicted octanol–water partition coefficient (Wildman–Crippen LogP) is 4.21. The van der Waals surface area contributed by atoms with Crippen LogP contribution in [0, 0.1) is 12.7 Å². The summed E-state index contributed by atoms with van der Waals surface area (Å²) in [5.41, 5.74) is 7.84. The van der Waals surface area contributed by atoms with Crippen LogP contribution in [-0.2, 0) is 6.42 Å². The van der Waals surface area contributed by atoms with E-state index < -0.39 is 0 Å². The fourth-order valence-electron chi connectivity index (χ4n) is 2.05. The summed E-state index contributed by atoms with van der Waals surface area (Å²) in [6.45, 7) is 3.99. The van der Waals surface area contributed by atoms with Crippen molar-refractivity contribution in [3.8, 4) is 11.5 Å². The van der Waals surface area contributed by atoms with E-state index in [-0.39, 0.29) is 17.6 Å². The fourth-order valence-corrected chi connectivity index (χ4v) is 2.05. The van der Waals surface area contributed by atoms with Gasteiger partial charge in [0.1, 0.15) is 5.75 Å². The maximum atomic E-state index is 14.0. The van der Waals surface area contributed by atoms with Crippen LogP contribution in [0.1, 0.15) is 24.5 Å². The van der Waals surface area contributed by atoms with Gasteiger partial charge >= 0.3 is 0 Å². The molecule has 0 saturated heterocycles. The van der Waals surface area contributed by atoms with Gasteiger partial charge in [-0.05, 0) is 49.1 Å². The van der Waals surface area contributed by atoms with Gasteiger partial charge in [0.2, 0.25) is 0 Å². The van der Waals surface area contributed by atoms with Crippen LogP contribution in [0.3, 0.4) is 0 Å². The molecule has 2 aromatic rings. The summed E-state index contributed by atoms with van der Waals surface area (Å²) >= 11 is 0. The molecule has 0 spiro atoms. The molecule has 1 atom stereocenters. The molecule has 2 nitrogen and oxygen atoms in total. The smallest absolute Gasteiger partial charge is 0.166 e. The Morgan fingerprint density at radius 2 is 1.95 bits per heavy atom. The van der Waals surface area contributed by atoms with E-state index in [2.05, 4.69) is 0 Å². The number of para-hydroxylation sites is 1. The highest BCUT2D eigenvalue weighted by Crippen LogP contribution is 2.29. The Morgan fingerprint density at radius 3 is 2.65 bits per heavy atom. The Labute approximate surface area is 119 Å². The molecule has 0 aromatic heterocycles. The molecule has 0 aliphatic carbocycles. The summed E-state index contributed by atoms with van der Waals surface area (Å²) in [7, 11) is 0. The number of nitrogens with two attached hydrogens (primary N) is 1. The van der Waals surface area contributed by atoms with Crippen LogP contribution in [0.5, 0.6) is 11.5 Å². The Morgan fingerprint density at radius 1 is 1.20 bits per heavy atom. The second-order valence-electron chi connectivity index (χ2n) is 5.02. The number of ether oxygens (including phenoxy) is 1. The Hall–Kier alpha value is -1.87. The first-order valence-electron chi connectivity index (χ1n) is 6.87. The van der Waals surface area contributed by atoms with Crippen molar-refractivity contribution in [2.24, 2.45) is 5.73 Å². The Kier molecular flexibility index (Phi) is 4.74. The number of hydrogen-bond acceptors (Lipinski definition) is 2. The Bertz CT molecular complexity index is 583. The summed E-state index contributed by atoms with van der Waals surface area (Å²) in [5, 5.41) is 0. The third kappa shape index (κ3) is 3.58. The zero-order valence-corrected chi connectivity index (χ0v) is 11.9. The quantitative estimate of drug-likeness (QED) is 0.885. The average molecular weight is 273 g/mol. The van der Waals surface area contributed by atoms with Crippen molar-refractivity contribution in [3.05, 3.63) is 59.4 Å². The van der Waals surface area contributed by atoms with Crippen LogP contribution in [0.25, 0.3) is 0 Å². The molecule has 0 aliphatic heterocycles. The SMILES string of the molecule is CCC(N)Cc1cccc(F)c1Oc1cccc(C)c1. The molecule has 0 heterocycles. The minimum Gasteiger partial charge on any atom is -0.454 e. The molecule has 3 heteroatoms. The van der Waals surface area contributed by atoms with Crippen LogP contribution in [0.15, 0.2) is 42.5 Å². The average Bonchev–Trinajstić information content (AvgIpc) is 2.42. The van der Waals surface area contributed by atoms with Crippen LogP contribution in [0.4, 0.5) is 4.39 Å². The molecule has 2 aromatic carbocycles. The lowest BCUT2D eigenvalue weighted by atomic mass is 10.0. The van der Waals surface area contributed by atoms with Gasteiger partial charge in [0.25, 0.3) is 0 Å². The van der Waals surface area contributed by atoms with Gasteiger partial charge in [0.15, 0.2) is 11.6 Å². The zero-order chi connectivity index (χ0) is 14.5. The summed E-state index contributed by atoms with van der Waals surface area (Å²) in [6, 6.07) is 12.5. The van der Waals surface area contributed by atoms with E-state index in [9.17, 15) is 4.39 Å². The van der Waals surface area contributed by atoms with Crippen LogP contribution in [0.2, 0.25) is 0 Å². The van der Waals surface area contributed by atoms with E-state index in [1.165, 1.54) is 6.07 Å². The van der Waals surface area contributed by atoms with Gasteiger partial charge in [0.05, 0.1) is 0 Å². The lowest BCUT2D eigenvalue weighted by Gasteiger charge is -2.15. The van der Waals surface area contributed by atoms with Crippen LogP contribution in [-0.4, -0.2) is 6.04 Å². The van der Waals surface area contributed by atoms with Gasteiger partial charge in [0, 0.05) is 6.04 Å². The fraction of sp³-hybridized carbons (Fsp3) is 0.294. The first kappa shape index (κ1) is 14.5. The highest BCUT2D eigenvalue weighted by atomic mass is 19.1. The number of rotatable bonds is 5.